The molecule has 1 N–H and O–H groups in total. The summed E-state index contributed by atoms with van der Waals surface area (Å²) in [4.78, 5) is 26.7. The summed E-state index contributed by atoms with van der Waals surface area (Å²) in [5.41, 5.74) is 0.450. The Labute approximate surface area is 169 Å². The van der Waals surface area contributed by atoms with Gasteiger partial charge in [0.05, 0.1) is 6.54 Å². The summed E-state index contributed by atoms with van der Waals surface area (Å²) in [6.45, 7) is 6.79. The van der Waals surface area contributed by atoms with Crippen LogP contribution in [-0.2, 0) is 9.53 Å². The minimum absolute atomic E-state index is 0.0548. The fourth-order valence-corrected chi connectivity index (χ4v) is 3.75. The number of nitrogens with one attached hydrogen (secondary N) is 1. The van der Waals surface area contributed by atoms with Gasteiger partial charge in [0, 0.05) is 11.1 Å². The first-order chi connectivity index (χ1) is 13.1. The number of amides is 2. The maximum absolute atomic E-state index is 14.5. The van der Waals surface area contributed by atoms with Gasteiger partial charge in [-0.3, -0.25) is 9.69 Å². The number of piperidine rings is 1. The van der Waals surface area contributed by atoms with E-state index < -0.39 is 23.6 Å². The van der Waals surface area contributed by atoms with E-state index in [1.807, 2.05) is 0 Å². The van der Waals surface area contributed by atoms with Crippen LogP contribution in [0, 0.1) is 5.92 Å². The zero-order valence-corrected chi connectivity index (χ0v) is 17.3. The molecule has 1 aromatic rings. The SMILES string of the molecule is C/C(=C(\F)CNC(=O)[C@@H]1C[C@H]2C[C@H]2N1C(=O)OC(C)(C)C)c1cccc(Cl)c1. The molecule has 0 radical (unpaired) electrons. The summed E-state index contributed by atoms with van der Waals surface area (Å²) >= 11 is 5.95. The number of benzene rings is 1. The summed E-state index contributed by atoms with van der Waals surface area (Å²) in [6, 6.07) is 6.34. The number of halogens is 2. The molecule has 5 nitrogen and oxygen atoms in total. The lowest BCUT2D eigenvalue weighted by molar-refractivity contribution is -0.125. The fraction of sp³-hybridized carbons (Fsp3) is 0.524. The number of hydrogen-bond donors (Lipinski definition) is 1. The largest absolute Gasteiger partial charge is 0.444 e. The summed E-state index contributed by atoms with van der Waals surface area (Å²) in [5.74, 6) is -0.466. The van der Waals surface area contributed by atoms with E-state index >= 15 is 0 Å². The van der Waals surface area contributed by atoms with Gasteiger partial charge in [-0.2, -0.15) is 0 Å². The first-order valence-electron chi connectivity index (χ1n) is 9.47. The lowest BCUT2D eigenvalue weighted by Gasteiger charge is -2.29. The van der Waals surface area contributed by atoms with Crippen LogP contribution in [0.15, 0.2) is 30.1 Å². The average molecular weight is 409 g/mol. The number of hydrogen-bond acceptors (Lipinski definition) is 3. The van der Waals surface area contributed by atoms with E-state index in [0.29, 0.717) is 28.5 Å². The van der Waals surface area contributed by atoms with Crippen LogP contribution >= 0.6 is 11.6 Å². The molecule has 0 spiro atoms. The smallest absolute Gasteiger partial charge is 0.411 e. The Balaban J connectivity index is 1.64. The van der Waals surface area contributed by atoms with E-state index in [1.54, 1.807) is 52.0 Å². The van der Waals surface area contributed by atoms with E-state index in [-0.39, 0.29) is 18.5 Å². The Kier molecular flexibility index (Phi) is 5.71. The number of carbonyl (C=O) groups is 2. The number of ether oxygens (including phenoxy) is 1. The number of carbonyl (C=O) groups excluding carboxylic acids is 2. The maximum atomic E-state index is 14.5. The monoisotopic (exact) mass is 408 g/mol. The number of fused-ring (bicyclic) bond motifs is 1. The molecule has 7 heteroatoms. The van der Waals surface area contributed by atoms with Crippen molar-refractivity contribution in [1.29, 1.82) is 0 Å². The Hall–Kier alpha value is -2.08. The molecule has 0 bridgehead atoms. The van der Waals surface area contributed by atoms with Crippen LogP contribution in [0.25, 0.3) is 5.57 Å². The normalized spacial score (nSPS) is 24.4. The average Bonchev–Trinajstić information content (AvgIpc) is 3.26. The van der Waals surface area contributed by atoms with Crippen molar-refractivity contribution in [3.63, 3.8) is 0 Å². The highest BCUT2D eigenvalue weighted by molar-refractivity contribution is 6.30. The summed E-state index contributed by atoms with van der Waals surface area (Å²) in [7, 11) is 0. The third kappa shape index (κ3) is 4.66. The molecule has 2 amide bonds. The van der Waals surface area contributed by atoms with Gasteiger partial charge >= 0.3 is 6.09 Å². The second-order valence-corrected chi connectivity index (χ2v) is 8.90. The Morgan fingerprint density at radius 1 is 1.32 bits per heavy atom. The molecule has 1 aromatic carbocycles. The van der Waals surface area contributed by atoms with Crippen LogP contribution in [0.5, 0.6) is 0 Å². The van der Waals surface area contributed by atoms with Gasteiger partial charge in [-0.05, 0) is 69.7 Å². The molecule has 0 unspecified atom stereocenters. The van der Waals surface area contributed by atoms with Crippen molar-refractivity contribution in [2.24, 2.45) is 5.92 Å². The highest BCUT2D eigenvalue weighted by Gasteiger charge is 2.57. The molecule has 1 saturated carbocycles. The quantitative estimate of drug-likeness (QED) is 0.794. The minimum Gasteiger partial charge on any atom is -0.444 e. The molecule has 1 saturated heterocycles. The third-order valence-electron chi connectivity index (χ3n) is 5.09. The van der Waals surface area contributed by atoms with Crippen LogP contribution in [0.4, 0.5) is 9.18 Å². The third-order valence-corrected chi connectivity index (χ3v) is 5.33. The van der Waals surface area contributed by atoms with Crippen LogP contribution < -0.4 is 5.32 Å². The fourth-order valence-electron chi connectivity index (χ4n) is 3.56. The van der Waals surface area contributed by atoms with Crippen molar-refractivity contribution in [3.05, 3.63) is 40.7 Å². The van der Waals surface area contributed by atoms with Crippen LogP contribution in [-0.4, -0.2) is 41.1 Å². The lowest BCUT2D eigenvalue weighted by atomic mass is 10.1. The van der Waals surface area contributed by atoms with Gasteiger partial charge in [0.2, 0.25) is 5.91 Å². The summed E-state index contributed by atoms with van der Waals surface area (Å²) in [5, 5.41) is 3.14. The Bertz CT molecular complexity index is 818. The zero-order chi connectivity index (χ0) is 20.6. The molecule has 3 rings (SSSR count). The van der Waals surface area contributed by atoms with E-state index in [9.17, 15) is 14.0 Å². The van der Waals surface area contributed by atoms with Crippen LogP contribution in [0.2, 0.25) is 5.02 Å². The topological polar surface area (TPSA) is 58.6 Å². The highest BCUT2D eigenvalue weighted by Crippen LogP contribution is 2.48. The lowest BCUT2D eigenvalue weighted by Crippen LogP contribution is -2.49. The molecule has 1 aliphatic carbocycles. The van der Waals surface area contributed by atoms with Crippen LogP contribution in [0.1, 0.15) is 46.1 Å². The van der Waals surface area contributed by atoms with Crippen LogP contribution in [0.3, 0.4) is 0 Å². The molecular weight excluding hydrogens is 383 g/mol. The van der Waals surface area contributed by atoms with Gasteiger partial charge in [-0.25, -0.2) is 9.18 Å². The molecule has 3 atom stereocenters. The van der Waals surface area contributed by atoms with Crippen molar-refractivity contribution >= 4 is 29.2 Å². The second-order valence-electron chi connectivity index (χ2n) is 8.46. The molecule has 2 aliphatic rings. The van der Waals surface area contributed by atoms with Gasteiger partial charge in [-0.15, -0.1) is 0 Å². The van der Waals surface area contributed by atoms with E-state index in [2.05, 4.69) is 5.32 Å². The first-order valence-corrected chi connectivity index (χ1v) is 9.85. The molecule has 2 fully saturated rings. The molecule has 1 aliphatic heterocycles. The highest BCUT2D eigenvalue weighted by atomic mass is 35.5. The molecule has 1 heterocycles. The van der Waals surface area contributed by atoms with Gasteiger partial charge in [0.1, 0.15) is 17.5 Å². The second kappa shape index (κ2) is 7.74. The number of likely N-dealkylation sites (tertiary alicyclic amines) is 1. The standard InChI is InChI=1S/C21H26ClFN2O3/c1-12(13-6-5-7-15(22)8-13)16(23)11-24-19(26)18-10-14-9-17(14)25(18)20(27)28-21(2,3)4/h5-8,14,17-18H,9-11H2,1-4H3,(H,24,26)/b16-12+/t14-,17-,18+/m1/s1. The molecular formula is C21H26ClFN2O3. The number of allylic oxidation sites excluding steroid dienone is 1. The maximum Gasteiger partial charge on any atom is 0.411 e. The van der Waals surface area contributed by atoms with Gasteiger partial charge in [0.15, 0.2) is 0 Å². The van der Waals surface area contributed by atoms with Crippen molar-refractivity contribution < 1.29 is 18.7 Å². The van der Waals surface area contributed by atoms with Crippen molar-refractivity contribution in [2.75, 3.05) is 6.54 Å². The zero-order valence-electron chi connectivity index (χ0n) is 16.6. The van der Waals surface area contributed by atoms with E-state index in [0.717, 1.165) is 6.42 Å². The minimum atomic E-state index is -0.631. The van der Waals surface area contributed by atoms with Gasteiger partial charge < -0.3 is 10.1 Å². The van der Waals surface area contributed by atoms with Gasteiger partial charge in [0.25, 0.3) is 0 Å². The van der Waals surface area contributed by atoms with E-state index in [1.165, 1.54) is 4.90 Å². The van der Waals surface area contributed by atoms with E-state index in [4.69, 9.17) is 16.3 Å². The number of nitrogens with zero attached hydrogens (tertiary/aromatic N) is 1. The summed E-state index contributed by atoms with van der Waals surface area (Å²) < 4.78 is 20.0. The van der Waals surface area contributed by atoms with Crippen molar-refractivity contribution in [2.45, 2.75) is 58.2 Å². The van der Waals surface area contributed by atoms with Gasteiger partial charge in [-0.1, -0.05) is 23.7 Å². The Morgan fingerprint density at radius 2 is 2.04 bits per heavy atom. The molecule has 28 heavy (non-hydrogen) atoms. The summed E-state index contributed by atoms with van der Waals surface area (Å²) in [6.07, 6.45) is 1.00. The van der Waals surface area contributed by atoms with Crippen molar-refractivity contribution in [3.8, 4) is 0 Å². The predicted octanol–water partition coefficient (Wildman–Crippen LogP) is 4.55. The first kappa shape index (κ1) is 20.6. The molecule has 152 valence electrons. The van der Waals surface area contributed by atoms with Crippen molar-refractivity contribution in [1.82, 2.24) is 10.2 Å². The predicted molar refractivity (Wildman–Crippen MR) is 107 cm³/mol. The number of rotatable bonds is 4. The Morgan fingerprint density at radius 3 is 2.68 bits per heavy atom. The molecule has 0 aromatic heterocycles.